The molecule has 0 spiro atoms. The zero-order chi connectivity index (χ0) is 16.2. The summed E-state index contributed by atoms with van der Waals surface area (Å²) >= 11 is 3.42. The lowest BCUT2D eigenvalue weighted by Crippen LogP contribution is -2.15. The number of hydrogen-bond acceptors (Lipinski definition) is 5. The normalized spacial score (nSPS) is 13.6. The Kier molecular flexibility index (Phi) is 4.76. The number of halogens is 1. The van der Waals surface area contributed by atoms with Gasteiger partial charge in [-0.15, -0.1) is 0 Å². The van der Waals surface area contributed by atoms with Crippen LogP contribution in [0, 0.1) is 0 Å². The number of anilines is 2. The van der Waals surface area contributed by atoms with Gasteiger partial charge in [-0.05, 0) is 30.5 Å². The highest BCUT2D eigenvalue weighted by molar-refractivity contribution is 9.10. The van der Waals surface area contributed by atoms with Crippen LogP contribution in [0.3, 0.4) is 0 Å². The SMILES string of the molecule is O=C(O)CNc1nc(NCc2ccc(Br)cc2)cc(C2CC2)n1. The summed E-state index contributed by atoms with van der Waals surface area (Å²) in [4.78, 5) is 19.4. The molecule has 1 heterocycles. The number of nitrogens with zero attached hydrogens (tertiary/aromatic N) is 2. The highest BCUT2D eigenvalue weighted by Crippen LogP contribution is 2.39. The number of rotatable bonds is 7. The number of carboxylic acids is 1. The number of carboxylic acid groups (broad SMARTS) is 1. The number of aromatic nitrogens is 2. The Labute approximate surface area is 142 Å². The average molecular weight is 377 g/mol. The summed E-state index contributed by atoms with van der Waals surface area (Å²) < 4.78 is 1.04. The average Bonchev–Trinajstić information content (AvgIpc) is 3.37. The molecule has 1 fully saturated rings. The first kappa shape index (κ1) is 15.7. The molecule has 120 valence electrons. The van der Waals surface area contributed by atoms with E-state index in [0.717, 1.165) is 28.6 Å². The highest BCUT2D eigenvalue weighted by atomic mass is 79.9. The van der Waals surface area contributed by atoms with Gasteiger partial charge in [0.15, 0.2) is 0 Å². The molecule has 1 aromatic carbocycles. The van der Waals surface area contributed by atoms with E-state index < -0.39 is 5.97 Å². The summed E-state index contributed by atoms with van der Waals surface area (Å²) in [5, 5.41) is 14.8. The molecule has 7 heteroatoms. The fourth-order valence-corrected chi connectivity index (χ4v) is 2.44. The van der Waals surface area contributed by atoms with Gasteiger partial charge in [0.25, 0.3) is 0 Å². The minimum Gasteiger partial charge on any atom is -0.480 e. The summed E-state index contributed by atoms with van der Waals surface area (Å²) in [6.07, 6.45) is 2.25. The van der Waals surface area contributed by atoms with Crippen molar-refractivity contribution in [1.82, 2.24) is 9.97 Å². The van der Waals surface area contributed by atoms with Crippen LogP contribution in [0.2, 0.25) is 0 Å². The molecule has 0 atom stereocenters. The van der Waals surface area contributed by atoms with Gasteiger partial charge in [-0.2, -0.15) is 4.98 Å². The third-order valence-corrected chi connectivity index (χ3v) is 4.05. The van der Waals surface area contributed by atoms with E-state index in [0.29, 0.717) is 24.2 Å². The molecule has 0 aliphatic heterocycles. The maximum absolute atomic E-state index is 10.7. The van der Waals surface area contributed by atoms with Crippen LogP contribution < -0.4 is 10.6 Å². The molecule has 0 radical (unpaired) electrons. The third kappa shape index (κ3) is 4.66. The van der Waals surface area contributed by atoms with E-state index in [2.05, 4.69) is 36.5 Å². The standard InChI is InChI=1S/C16H17BrN4O2/c17-12-5-1-10(2-6-12)8-18-14-7-13(11-3-4-11)20-16(21-14)19-9-15(22)23/h1-2,5-7,11H,3-4,8-9H2,(H,22,23)(H2,18,19,20,21). The number of aliphatic carboxylic acids is 1. The monoisotopic (exact) mass is 376 g/mol. The second-order valence-corrected chi connectivity index (χ2v) is 6.42. The molecule has 1 aromatic heterocycles. The van der Waals surface area contributed by atoms with Crippen molar-refractivity contribution in [2.45, 2.75) is 25.3 Å². The van der Waals surface area contributed by atoms with Crippen molar-refractivity contribution < 1.29 is 9.90 Å². The van der Waals surface area contributed by atoms with Crippen molar-refractivity contribution in [1.29, 1.82) is 0 Å². The first-order valence-electron chi connectivity index (χ1n) is 7.43. The molecule has 1 aliphatic carbocycles. The van der Waals surface area contributed by atoms with E-state index in [4.69, 9.17) is 5.11 Å². The molecule has 0 unspecified atom stereocenters. The first-order chi connectivity index (χ1) is 11.1. The van der Waals surface area contributed by atoms with Crippen LogP contribution in [0.5, 0.6) is 0 Å². The number of hydrogen-bond donors (Lipinski definition) is 3. The van der Waals surface area contributed by atoms with E-state index >= 15 is 0 Å². The van der Waals surface area contributed by atoms with Gasteiger partial charge in [0.05, 0.1) is 5.69 Å². The summed E-state index contributed by atoms with van der Waals surface area (Å²) in [6, 6.07) is 9.99. The number of nitrogens with one attached hydrogen (secondary N) is 2. The molecule has 1 saturated carbocycles. The maximum Gasteiger partial charge on any atom is 0.322 e. The van der Waals surface area contributed by atoms with E-state index in [1.165, 1.54) is 0 Å². The topological polar surface area (TPSA) is 87.1 Å². The van der Waals surface area contributed by atoms with Crippen LogP contribution in [0.1, 0.15) is 30.0 Å². The maximum atomic E-state index is 10.7. The molecule has 0 amide bonds. The Morgan fingerprint density at radius 3 is 2.61 bits per heavy atom. The second kappa shape index (κ2) is 6.95. The van der Waals surface area contributed by atoms with Gasteiger partial charge in [-0.3, -0.25) is 4.79 Å². The largest absolute Gasteiger partial charge is 0.480 e. The van der Waals surface area contributed by atoms with E-state index in [-0.39, 0.29) is 6.54 Å². The van der Waals surface area contributed by atoms with Gasteiger partial charge >= 0.3 is 5.97 Å². The predicted molar refractivity (Wildman–Crippen MR) is 91.6 cm³/mol. The molecule has 3 rings (SSSR count). The Morgan fingerprint density at radius 2 is 1.96 bits per heavy atom. The van der Waals surface area contributed by atoms with Gasteiger partial charge in [-0.1, -0.05) is 28.1 Å². The van der Waals surface area contributed by atoms with Crippen LogP contribution in [-0.2, 0) is 11.3 Å². The minimum absolute atomic E-state index is 0.194. The lowest BCUT2D eigenvalue weighted by atomic mass is 10.2. The molecule has 0 bridgehead atoms. The first-order valence-corrected chi connectivity index (χ1v) is 8.22. The summed E-state index contributed by atoms with van der Waals surface area (Å²) in [5.41, 5.74) is 2.10. The lowest BCUT2D eigenvalue weighted by Gasteiger charge is -2.10. The van der Waals surface area contributed by atoms with Gasteiger partial charge in [0.1, 0.15) is 12.4 Å². The fourth-order valence-electron chi connectivity index (χ4n) is 2.17. The van der Waals surface area contributed by atoms with Gasteiger partial charge in [0.2, 0.25) is 5.95 Å². The number of benzene rings is 1. The smallest absolute Gasteiger partial charge is 0.322 e. The Hall–Kier alpha value is -2.15. The van der Waals surface area contributed by atoms with Crippen molar-refractivity contribution >= 4 is 33.7 Å². The van der Waals surface area contributed by atoms with Crippen LogP contribution in [0.25, 0.3) is 0 Å². The van der Waals surface area contributed by atoms with Crippen molar-refractivity contribution in [3.05, 3.63) is 46.1 Å². The van der Waals surface area contributed by atoms with Crippen molar-refractivity contribution in [2.75, 3.05) is 17.2 Å². The Balaban J connectivity index is 1.71. The van der Waals surface area contributed by atoms with E-state index in [1.54, 1.807) is 0 Å². The molecule has 6 nitrogen and oxygen atoms in total. The van der Waals surface area contributed by atoms with Gasteiger partial charge in [-0.25, -0.2) is 4.98 Å². The third-order valence-electron chi connectivity index (χ3n) is 3.53. The lowest BCUT2D eigenvalue weighted by molar-refractivity contribution is -0.134. The van der Waals surface area contributed by atoms with E-state index in [1.807, 2.05) is 30.3 Å². The van der Waals surface area contributed by atoms with E-state index in [9.17, 15) is 4.79 Å². The molecular formula is C16H17BrN4O2. The van der Waals surface area contributed by atoms with Gasteiger partial charge < -0.3 is 15.7 Å². The zero-order valence-electron chi connectivity index (χ0n) is 12.4. The Morgan fingerprint density at radius 1 is 1.22 bits per heavy atom. The zero-order valence-corrected chi connectivity index (χ0v) is 14.0. The van der Waals surface area contributed by atoms with Crippen molar-refractivity contribution in [2.24, 2.45) is 0 Å². The number of carbonyl (C=O) groups is 1. The van der Waals surface area contributed by atoms with Gasteiger partial charge in [0, 0.05) is 23.0 Å². The minimum atomic E-state index is -0.935. The Bertz CT molecular complexity index is 702. The second-order valence-electron chi connectivity index (χ2n) is 5.50. The van der Waals surface area contributed by atoms with Crippen LogP contribution in [-0.4, -0.2) is 27.6 Å². The van der Waals surface area contributed by atoms with Crippen LogP contribution >= 0.6 is 15.9 Å². The van der Waals surface area contributed by atoms with Crippen molar-refractivity contribution in [3.8, 4) is 0 Å². The highest BCUT2D eigenvalue weighted by Gasteiger charge is 2.26. The fraction of sp³-hybridized carbons (Fsp3) is 0.312. The summed E-state index contributed by atoms with van der Waals surface area (Å²) in [6.45, 7) is 0.451. The van der Waals surface area contributed by atoms with Crippen molar-refractivity contribution in [3.63, 3.8) is 0 Å². The summed E-state index contributed by atoms with van der Waals surface area (Å²) in [5.74, 6) is 0.596. The van der Waals surface area contributed by atoms with Crippen LogP contribution in [0.15, 0.2) is 34.8 Å². The molecule has 1 aliphatic rings. The molecule has 3 N–H and O–H groups in total. The molecule has 23 heavy (non-hydrogen) atoms. The summed E-state index contributed by atoms with van der Waals surface area (Å²) in [7, 11) is 0. The molecule has 0 saturated heterocycles. The molecular weight excluding hydrogens is 360 g/mol. The predicted octanol–water partition coefficient (Wildman–Crippen LogP) is 3.23. The van der Waals surface area contributed by atoms with Crippen LogP contribution in [0.4, 0.5) is 11.8 Å². The quantitative estimate of drug-likeness (QED) is 0.687. The molecule has 2 aromatic rings.